The van der Waals surface area contributed by atoms with Gasteiger partial charge in [-0.15, -0.1) is 0 Å². The van der Waals surface area contributed by atoms with E-state index in [9.17, 15) is 12.8 Å². The van der Waals surface area contributed by atoms with E-state index in [4.69, 9.17) is 0 Å². The summed E-state index contributed by atoms with van der Waals surface area (Å²) in [5.41, 5.74) is 5.96. The van der Waals surface area contributed by atoms with Crippen molar-refractivity contribution in [2.75, 3.05) is 13.1 Å². The SMILES string of the molecule is Cc1c(C2=CCN(S(=O)(=O)c3ccc(F)cc3)CC2)c2ccccc2n1Cc1ccccc1. The van der Waals surface area contributed by atoms with Crippen LogP contribution in [-0.4, -0.2) is 30.4 Å². The smallest absolute Gasteiger partial charge is 0.243 e. The molecular formula is C27H25FN2O2S. The Morgan fingerprint density at radius 3 is 2.30 bits per heavy atom. The molecule has 0 radical (unpaired) electrons. The van der Waals surface area contributed by atoms with Gasteiger partial charge in [-0.05, 0) is 54.8 Å². The minimum atomic E-state index is -3.66. The normalized spacial score (nSPS) is 15.0. The van der Waals surface area contributed by atoms with Crippen molar-refractivity contribution in [3.63, 3.8) is 0 Å². The molecule has 168 valence electrons. The lowest BCUT2D eigenvalue weighted by molar-refractivity contribution is 0.441. The van der Waals surface area contributed by atoms with Crippen LogP contribution in [0.5, 0.6) is 0 Å². The Labute approximate surface area is 193 Å². The summed E-state index contributed by atoms with van der Waals surface area (Å²) in [6.07, 6.45) is 2.65. The second-order valence-corrected chi connectivity index (χ2v) is 10.3. The number of sulfonamides is 1. The van der Waals surface area contributed by atoms with Gasteiger partial charge in [-0.2, -0.15) is 4.31 Å². The van der Waals surface area contributed by atoms with Crippen LogP contribution < -0.4 is 0 Å². The predicted octanol–water partition coefficient (Wildman–Crippen LogP) is 5.62. The van der Waals surface area contributed by atoms with Crippen LogP contribution in [-0.2, 0) is 16.6 Å². The molecule has 0 fully saturated rings. The number of fused-ring (bicyclic) bond motifs is 1. The van der Waals surface area contributed by atoms with E-state index in [-0.39, 0.29) is 4.90 Å². The molecule has 0 bridgehead atoms. The molecule has 0 saturated carbocycles. The van der Waals surface area contributed by atoms with Gasteiger partial charge in [-0.3, -0.25) is 0 Å². The fraction of sp³-hybridized carbons (Fsp3) is 0.185. The Morgan fingerprint density at radius 1 is 0.909 bits per heavy atom. The van der Waals surface area contributed by atoms with Crippen LogP contribution in [0.2, 0.25) is 0 Å². The molecule has 1 aliphatic rings. The lowest BCUT2D eigenvalue weighted by Gasteiger charge is -2.26. The molecule has 0 amide bonds. The van der Waals surface area contributed by atoms with E-state index in [0.717, 1.165) is 6.54 Å². The standard InChI is InChI=1S/C27H25FN2O2S/c1-20-27(25-9-5-6-10-26(25)30(20)19-21-7-3-2-4-8-21)22-15-17-29(18-16-22)33(31,32)24-13-11-23(28)12-14-24/h2-15H,16-19H2,1H3. The Bertz CT molecular complexity index is 1440. The lowest BCUT2D eigenvalue weighted by atomic mass is 9.97. The first-order valence-electron chi connectivity index (χ1n) is 11.0. The van der Waals surface area contributed by atoms with Gasteiger partial charge >= 0.3 is 0 Å². The third-order valence-corrected chi connectivity index (χ3v) is 8.24. The molecule has 33 heavy (non-hydrogen) atoms. The molecule has 4 aromatic rings. The molecule has 0 aliphatic carbocycles. The van der Waals surface area contributed by atoms with Crippen LogP contribution in [0.1, 0.15) is 23.2 Å². The molecule has 3 aromatic carbocycles. The maximum absolute atomic E-state index is 13.2. The molecule has 2 heterocycles. The van der Waals surface area contributed by atoms with Crippen LogP contribution in [0, 0.1) is 12.7 Å². The molecule has 4 nitrogen and oxygen atoms in total. The highest BCUT2D eigenvalue weighted by molar-refractivity contribution is 7.89. The molecular weight excluding hydrogens is 435 g/mol. The van der Waals surface area contributed by atoms with Gasteiger partial charge in [0.05, 0.1) is 4.90 Å². The van der Waals surface area contributed by atoms with Crippen molar-refractivity contribution in [1.29, 1.82) is 0 Å². The fourth-order valence-corrected chi connectivity index (χ4v) is 6.04. The summed E-state index contributed by atoms with van der Waals surface area (Å²) in [5.74, 6) is -0.447. The van der Waals surface area contributed by atoms with Crippen LogP contribution in [0.3, 0.4) is 0 Å². The number of hydrogen-bond donors (Lipinski definition) is 0. The first-order chi connectivity index (χ1) is 15.9. The molecule has 0 spiro atoms. The molecule has 1 aliphatic heterocycles. The van der Waals surface area contributed by atoms with E-state index >= 15 is 0 Å². The maximum Gasteiger partial charge on any atom is 0.243 e. The van der Waals surface area contributed by atoms with Gasteiger partial charge in [-0.1, -0.05) is 54.6 Å². The third kappa shape index (κ3) is 4.01. The van der Waals surface area contributed by atoms with Gasteiger partial charge < -0.3 is 4.57 Å². The number of nitrogens with zero attached hydrogens (tertiary/aromatic N) is 2. The van der Waals surface area contributed by atoms with Gasteiger partial charge in [0.2, 0.25) is 10.0 Å². The molecule has 1 aromatic heterocycles. The highest BCUT2D eigenvalue weighted by Crippen LogP contribution is 2.35. The van der Waals surface area contributed by atoms with Gasteiger partial charge in [0, 0.05) is 41.8 Å². The number of aromatic nitrogens is 1. The summed E-state index contributed by atoms with van der Waals surface area (Å²) >= 11 is 0. The topological polar surface area (TPSA) is 42.3 Å². The van der Waals surface area contributed by atoms with Gasteiger partial charge in [0.15, 0.2) is 0 Å². The molecule has 0 N–H and O–H groups in total. The number of halogens is 1. The summed E-state index contributed by atoms with van der Waals surface area (Å²) in [7, 11) is -3.66. The largest absolute Gasteiger partial charge is 0.340 e. The van der Waals surface area contributed by atoms with E-state index in [1.165, 1.54) is 61.9 Å². The van der Waals surface area contributed by atoms with Crippen molar-refractivity contribution in [1.82, 2.24) is 8.87 Å². The minimum absolute atomic E-state index is 0.122. The molecule has 0 saturated heterocycles. The van der Waals surface area contributed by atoms with E-state index in [2.05, 4.69) is 54.0 Å². The van der Waals surface area contributed by atoms with E-state index < -0.39 is 15.8 Å². The zero-order valence-corrected chi connectivity index (χ0v) is 19.2. The lowest BCUT2D eigenvalue weighted by Crippen LogP contribution is -2.34. The second-order valence-electron chi connectivity index (χ2n) is 8.35. The Hall–Kier alpha value is -3.22. The average Bonchev–Trinajstić information content (AvgIpc) is 3.11. The Morgan fingerprint density at radius 2 is 1.61 bits per heavy atom. The van der Waals surface area contributed by atoms with Crippen LogP contribution in [0.15, 0.2) is 89.8 Å². The molecule has 0 unspecified atom stereocenters. The van der Waals surface area contributed by atoms with Crippen molar-refractivity contribution in [3.05, 3.63) is 108 Å². The van der Waals surface area contributed by atoms with Gasteiger partial charge in [0.1, 0.15) is 5.82 Å². The average molecular weight is 461 g/mol. The first kappa shape index (κ1) is 21.6. The zero-order chi connectivity index (χ0) is 23.0. The van der Waals surface area contributed by atoms with Crippen LogP contribution >= 0.6 is 0 Å². The quantitative estimate of drug-likeness (QED) is 0.388. The van der Waals surface area contributed by atoms with E-state index in [1.54, 1.807) is 0 Å². The summed E-state index contributed by atoms with van der Waals surface area (Å²) in [4.78, 5) is 0.122. The van der Waals surface area contributed by atoms with Crippen LogP contribution in [0.25, 0.3) is 16.5 Å². The summed E-state index contributed by atoms with van der Waals surface area (Å²) in [6.45, 7) is 3.61. The fourth-order valence-electron chi connectivity index (χ4n) is 4.66. The van der Waals surface area contributed by atoms with Crippen molar-refractivity contribution in [3.8, 4) is 0 Å². The van der Waals surface area contributed by atoms with Crippen molar-refractivity contribution >= 4 is 26.5 Å². The van der Waals surface area contributed by atoms with E-state index in [1.807, 2.05) is 18.2 Å². The highest BCUT2D eigenvalue weighted by atomic mass is 32.2. The number of para-hydroxylation sites is 1. The minimum Gasteiger partial charge on any atom is -0.340 e. The number of benzene rings is 3. The summed E-state index contributed by atoms with van der Waals surface area (Å²) < 4.78 is 43.0. The van der Waals surface area contributed by atoms with Crippen LogP contribution in [0.4, 0.5) is 4.39 Å². The number of rotatable bonds is 5. The van der Waals surface area contributed by atoms with E-state index in [0.29, 0.717) is 19.5 Å². The van der Waals surface area contributed by atoms with Gasteiger partial charge in [0.25, 0.3) is 0 Å². The van der Waals surface area contributed by atoms with Crippen molar-refractivity contribution in [2.24, 2.45) is 0 Å². The van der Waals surface area contributed by atoms with Gasteiger partial charge in [-0.25, -0.2) is 12.8 Å². The first-order valence-corrected chi connectivity index (χ1v) is 12.5. The molecule has 5 rings (SSSR count). The summed E-state index contributed by atoms with van der Waals surface area (Å²) in [6, 6.07) is 23.8. The zero-order valence-electron chi connectivity index (χ0n) is 18.4. The summed E-state index contributed by atoms with van der Waals surface area (Å²) in [5, 5.41) is 1.19. The Kier molecular flexibility index (Phi) is 5.64. The highest BCUT2D eigenvalue weighted by Gasteiger charge is 2.28. The third-order valence-electron chi connectivity index (χ3n) is 6.36. The molecule has 0 atom stereocenters. The molecule has 6 heteroatoms. The predicted molar refractivity (Wildman–Crippen MR) is 130 cm³/mol. The number of hydrogen-bond acceptors (Lipinski definition) is 2. The van der Waals surface area contributed by atoms with Crippen molar-refractivity contribution < 1.29 is 12.8 Å². The van der Waals surface area contributed by atoms with Crippen molar-refractivity contribution in [2.45, 2.75) is 24.8 Å². The second kappa shape index (κ2) is 8.61. The monoisotopic (exact) mass is 460 g/mol. The maximum atomic E-state index is 13.2. The Balaban J connectivity index is 1.49.